The van der Waals surface area contributed by atoms with Crippen LogP contribution in [0.2, 0.25) is 0 Å². The van der Waals surface area contributed by atoms with Gasteiger partial charge in [-0.2, -0.15) is 23.5 Å². The van der Waals surface area contributed by atoms with E-state index in [0.29, 0.717) is 0 Å². The average molecular weight is 367 g/mol. The quantitative estimate of drug-likeness (QED) is 0.207. The van der Waals surface area contributed by atoms with Gasteiger partial charge in [-0.1, -0.05) is 64.8 Å². The Kier molecular flexibility index (Phi) is 9.18. The van der Waals surface area contributed by atoms with Crippen molar-refractivity contribution in [3.63, 3.8) is 0 Å². The van der Waals surface area contributed by atoms with E-state index in [2.05, 4.69) is 45.1 Å². The van der Waals surface area contributed by atoms with Crippen LogP contribution in [0.15, 0.2) is 0 Å². The summed E-state index contributed by atoms with van der Waals surface area (Å²) in [5.41, 5.74) is 0. The van der Waals surface area contributed by atoms with Crippen LogP contribution in [0.1, 0.15) is 0 Å². The van der Waals surface area contributed by atoms with Crippen LogP contribution >= 0.6 is 88.3 Å². The standard InChI is InChI=1S/C8H14S8/c1-7(9-1)3-11-13-5-15-16-6-14-12-4-8-2-10-8/h7-8H,1-6H2. The van der Waals surface area contributed by atoms with Crippen molar-refractivity contribution in [2.24, 2.45) is 0 Å². The van der Waals surface area contributed by atoms with E-state index in [4.69, 9.17) is 0 Å². The van der Waals surface area contributed by atoms with Crippen molar-refractivity contribution < 1.29 is 0 Å². The third-order valence-electron chi connectivity index (χ3n) is 1.76. The van der Waals surface area contributed by atoms with E-state index in [0.717, 1.165) is 10.5 Å². The molecule has 0 radical (unpaired) electrons. The molecule has 0 nitrogen and oxygen atoms in total. The van der Waals surface area contributed by atoms with Gasteiger partial charge in [0, 0.05) is 33.5 Å². The number of hydrogen-bond acceptors (Lipinski definition) is 8. The SMILES string of the molecule is C(SSCSSCC1CS1)SSCC1CS1. The van der Waals surface area contributed by atoms with Gasteiger partial charge in [-0.15, -0.1) is 0 Å². The third-order valence-corrected chi connectivity index (χ3v) is 13.0. The molecular weight excluding hydrogens is 353 g/mol. The van der Waals surface area contributed by atoms with E-state index in [1.807, 2.05) is 43.2 Å². The van der Waals surface area contributed by atoms with Crippen LogP contribution in [0.4, 0.5) is 0 Å². The molecule has 0 aromatic rings. The summed E-state index contributed by atoms with van der Waals surface area (Å²) in [6.07, 6.45) is 0. The van der Waals surface area contributed by atoms with Gasteiger partial charge in [-0.05, 0) is 0 Å². The summed E-state index contributed by atoms with van der Waals surface area (Å²) >= 11 is 4.20. The van der Waals surface area contributed by atoms with E-state index >= 15 is 0 Å². The number of rotatable bonds is 11. The van der Waals surface area contributed by atoms with Gasteiger partial charge in [-0.3, -0.25) is 0 Å². The van der Waals surface area contributed by atoms with Crippen LogP contribution in [-0.2, 0) is 0 Å². The molecule has 0 spiro atoms. The zero-order valence-corrected chi connectivity index (χ0v) is 15.2. The van der Waals surface area contributed by atoms with Gasteiger partial charge < -0.3 is 0 Å². The van der Waals surface area contributed by atoms with Crippen LogP contribution in [0.25, 0.3) is 0 Å². The molecular formula is C8H14S8. The van der Waals surface area contributed by atoms with E-state index in [1.54, 1.807) is 0 Å². The molecule has 94 valence electrons. The summed E-state index contributed by atoms with van der Waals surface area (Å²) in [7, 11) is 12.2. The van der Waals surface area contributed by atoms with Crippen molar-refractivity contribution >= 4 is 88.3 Å². The molecule has 2 rings (SSSR count). The molecule has 0 bridgehead atoms. The molecule has 2 aliphatic heterocycles. The van der Waals surface area contributed by atoms with Crippen LogP contribution < -0.4 is 0 Å². The number of hydrogen-bond donors (Lipinski definition) is 0. The van der Waals surface area contributed by atoms with Crippen molar-refractivity contribution in [1.29, 1.82) is 0 Å². The molecule has 0 amide bonds. The van der Waals surface area contributed by atoms with Crippen molar-refractivity contribution in [2.45, 2.75) is 10.5 Å². The van der Waals surface area contributed by atoms with Crippen molar-refractivity contribution in [3.8, 4) is 0 Å². The first-order valence-electron chi connectivity index (χ1n) is 4.91. The van der Waals surface area contributed by atoms with Gasteiger partial charge in [0.15, 0.2) is 0 Å². The minimum absolute atomic E-state index is 0.988. The molecule has 2 fully saturated rings. The lowest BCUT2D eigenvalue weighted by atomic mass is 10.6. The lowest BCUT2D eigenvalue weighted by Crippen LogP contribution is -1.83. The molecule has 2 heterocycles. The van der Waals surface area contributed by atoms with E-state index in [1.165, 1.54) is 33.2 Å². The Hall–Kier alpha value is 2.80. The van der Waals surface area contributed by atoms with Gasteiger partial charge >= 0.3 is 0 Å². The molecule has 0 aliphatic carbocycles. The Balaban J connectivity index is 1.22. The topological polar surface area (TPSA) is 0 Å². The predicted octanol–water partition coefficient (Wildman–Crippen LogP) is 5.28. The third kappa shape index (κ3) is 8.82. The predicted molar refractivity (Wildman–Crippen MR) is 97.5 cm³/mol. The van der Waals surface area contributed by atoms with Crippen LogP contribution in [0.3, 0.4) is 0 Å². The van der Waals surface area contributed by atoms with Crippen molar-refractivity contribution in [1.82, 2.24) is 0 Å². The Bertz CT molecular complexity index is 161. The zero-order chi connectivity index (χ0) is 11.1. The second-order valence-electron chi connectivity index (χ2n) is 3.19. The minimum Gasteiger partial charge on any atom is -0.156 e. The van der Waals surface area contributed by atoms with Gasteiger partial charge in [0.2, 0.25) is 0 Å². The molecule has 2 saturated heterocycles. The van der Waals surface area contributed by atoms with Crippen molar-refractivity contribution in [2.75, 3.05) is 33.2 Å². The normalized spacial score (nSPS) is 27.0. The number of thioether (sulfide) groups is 2. The van der Waals surface area contributed by atoms with Gasteiger partial charge in [0.25, 0.3) is 0 Å². The molecule has 2 atom stereocenters. The summed E-state index contributed by atoms with van der Waals surface area (Å²) in [6, 6.07) is 0. The first-order valence-corrected chi connectivity index (χ1v) is 14.5. The summed E-state index contributed by atoms with van der Waals surface area (Å²) in [5.74, 6) is 5.51. The fourth-order valence-electron chi connectivity index (χ4n) is 0.752. The van der Waals surface area contributed by atoms with Gasteiger partial charge in [0.05, 0.1) is 10.2 Å². The van der Waals surface area contributed by atoms with E-state index in [9.17, 15) is 0 Å². The summed E-state index contributed by atoms with van der Waals surface area (Å²) in [5, 5.41) is 4.44. The highest BCUT2D eigenvalue weighted by Gasteiger charge is 2.22. The van der Waals surface area contributed by atoms with Crippen LogP contribution in [-0.4, -0.2) is 43.7 Å². The first kappa shape index (κ1) is 15.2. The Morgan fingerprint density at radius 1 is 0.688 bits per heavy atom. The van der Waals surface area contributed by atoms with Gasteiger partial charge in [0.1, 0.15) is 0 Å². The van der Waals surface area contributed by atoms with E-state index < -0.39 is 0 Å². The van der Waals surface area contributed by atoms with Crippen LogP contribution in [0.5, 0.6) is 0 Å². The molecule has 2 aliphatic rings. The lowest BCUT2D eigenvalue weighted by Gasteiger charge is -2.00. The Morgan fingerprint density at radius 2 is 1.06 bits per heavy atom. The first-order chi connectivity index (χ1) is 7.95. The van der Waals surface area contributed by atoms with Crippen molar-refractivity contribution in [3.05, 3.63) is 0 Å². The molecule has 2 unspecified atom stereocenters. The zero-order valence-electron chi connectivity index (χ0n) is 8.66. The fourth-order valence-corrected chi connectivity index (χ4v) is 12.2. The maximum Gasteiger partial charge on any atom is 0.0600 e. The second kappa shape index (κ2) is 9.66. The maximum absolute atomic E-state index is 2.10. The maximum atomic E-state index is 2.10. The smallest absolute Gasteiger partial charge is 0.0600 e. The molecule has 0 saturated carbocycles. The summed E-state index contributed by atoms with van der Waals surface area (Å²) in [6.45, 7) is 0. The highest BCUT2D eigenvalue weighted by atomic mass is 33.2. The average Bonchev–Trinajstić information content (AvgIpc) is 3.14. The molecule has 8 heteroatoms. The molecule has 0 aromatic carbocycles. The van der Waals surface area contributed by atoms with E-state index in [-0.39, 0.29) is 0 Å². The Morgan fingerprint density at radius 3 is 1.44 bits per heavy atom. The molecule has 0 aromatic heterocycles. The highest BCUT2D eigenvalue weighted by molar-refractivity contribution is 8.88. The Labute approximate surface area is 130 Å². The summed E-state index contributed by atoms with van der Waals surface area (Å²) < 4.78 is 0. The van der Waals surface area contributed by atoms with Gasteiger partial charge in [-0.25, -0.2) is 0 Å². The second-order valence-corrected chi connectivity index (χ2v) is 14.1. The lowest BCUT2D eigenvalue weighted by molar-refractivity contribution is 1.28. The fraction of sp³-hybridized carbons (Fsp3) is 1.00. The monoisotopic (exact) mass is 366 g/mol. The highest BCUT2D eigenvalue weighted by Crippen LogP contribution is 2.41. The molecule has 16 heavy (non-hydrogen) atoms. The summed E-state index contributed by atoms with van der Waals surface area (Å²) in [4.78, 5) is 0. The molecule has 0 N–H and O–H groups in total. The minimum atomic E-state index is 0.988. The largest absolute Gasteiger partial charge is 0.156 e. The van der Waals surface area contributed by atoms with Crippen LogP contribution in [0, 0.1) is 0 Å².